The molecular formula is C19H22N2O5S. The van der Waals surface area contributed by atoms with E-state index in [1.54, 1.807) is 31.2 Å². The molecule has 7 nitrogen and oxygen atoms in total. The molecule has 0 bridgehead atoms. The summed E-state index contributed by atoms with van der Waals surface area (Å²) in [4.78, 5) is 23.0. The first-order valence-corrected chi connectivity index (χ1v) is 9.97. The number of carboxylic acid groups (broad SMARTS) is 1. The van der Waals surface area contributed by atoms with Crippen LogP contribution in [0.5, 0.6) is 0 Å². The highest BCUT2D eigenvalue weighted by Crippen LogP contribution is 2.11. The van der Waals surface area contributed by atoms with Crippen molar-refractivity contribution < 1.29 is 23.1 Å². The molecule has 0 aromatic heterocycles. The minimum absolute atomic E-state index is 0.137. The van der Waals surface area contributed by atoms with E-state index in [1.165, 1.54) is 24.3 Å². The van der Waals surface area contributed by atoms with Crippen LogP contribution in [0.3, 0.4) is 0 Å². The van der Waals surface area contributed by atoms with E-state index in [0.717, 1.165) is 11.1 Å². The fourth-order valence-electron chi connectivity index (χ4n) is 2.42. The Bertz CT molecular complexity index is 891. The fraction of sp³-hybridized carbons (Fsp3) is 0.263. The number of rotatable bonds is 9. The van der Waals surface area contributed by atoms with Crippen molar-refractivity contribution in [3.8, 4) is 0 Å². The molecule has 0 radical (unpaired) electrons. The summed E-state index contributed by atoms with van der Waals surface area (Å²) in [5.74, 6) is -1.12. The maximum absolute atomic E-state index is 12.0. The van der Waals surface area contributed by atoms with E-state index in [2.05, 4.69) is 10.0 Å². The number of carbonyl (C=O) groups excluding carboxylic acids is 1. The molecule has 2 aromatic rings. The minimum atomic E-state index is -3.48. The zero-order valence-electron chi connectivity index (χ0n) is 14.9. The summed E-state index contributed by atoms with van der Waals surface area (Å²) >= 11 is 0. The molecule has 0 unspecified atom stereocenters. The Morgan fingerprint density at radius 1 is 0.963 bits per heavy atom. The molecule has 8 heteroatoms. The van der Waals surface area contributed by atoms with Gasteiger partial charge in [0.25, 0.3) is 0 Å². The lowest BCUT2D eigenvalue weighted by Crippen LogP contribution is -2.24. The average molecular weight is 390 g/mol. The molecule has 0 aliphatic carbocycles. The summed E-state index contributed by atoms with van der Waals surface area (Å²) in [6.07, 6.45) is 0.783. The summed E-state index contributed by atoms with van der Waals surface area (Å²) in [6, 6.07) is 12.7. The Morgan fingerprint density at radius 2 is 1.56 bits per heavy atom. The first kappa shape index (κ1) is 20.6. The number of amides is 1. The Hall–Kier alpha value is -2.71. The van der Waals surface area contributed by atoms with Crippen LogP contribution in [0, 0.1) is 0 Å². The first-order valence-electron chi connectivity index (χ1n) is 8.49. The normalized spacial score (nSPS) is 11.1. The van der Waals surface area contributed by atoms with Gasteiger partial charge in [0.15, 0.2) is 0 Å². The van der Waals surface area contributed by atoms with Gasteiger partial charge in [-0.25, -0.2) is 17.9 Å². The zero-order valence-corrected chi connectivity index (χ0v) is 15.8. The molecule has 0 aliphatic heterocycles. The lowest BCUT2D eigenvalue weighted by molar-refractivity contribution is -0.121. The van der Waals surface area contributed by atoms with E-state index < -0.39 is 16.0 Å². The number of aromatic carboxylic acids is 1. The van der Waals surface area contributed by atoms with E-state index in [-0.39, 0.29) is 22.8 Å². The number of hydrogen-bond acceptors (Lipinski definition) is 4. The molecule has 0 atom stereocenters. The van der Waals surface area contributed by atoms with E-state index in [9.17, 15) is 18.0 Å². The van der Waals surface area contributed by atoms with Crippen LogP contribution >= 0.6 is 0 Å². The lowest BCUT2D eigenvalue weighted by Gasteiger charge is -2.08. The molecule has 0 saturated carbocycles. The molecule has 144 valence electrons. The van der Waals surface area contributed by atoms with Crippen molar-refractivity contribution in [1.82, 2.24) is 10.0 Å². The van der Waals surface area contributed by atoms with Crippen molar-refractivity contribution in [2.45, 2.75) is 31.2 Å². The molecule has 2 aromatic carbocycles. The van der Waals surface area contributed by atoms with Crippen molar-refractivity contribution in [2.24, 2.45) is 0 Å². The summed E-state index contributed by atoms with van der Waals surface area (Å²) in [6.45, 7) is 2.33. The van der Waals surface area contributed by atoms with Crippen LogP contribution in [0.2, 0.25) is 0 Å². The van der Waals surface area contributed by atoms with Crippen molar-refractivity contribution in [3.05, 3.63) is 65.2 Å². The van der Waals surface area contributed by atoms with Crippen LogP contribution < -0.4 is 10.0 Å². The molecule has 27 heavy (non-hydrogen) atoms. The van der Waals surface area contributed by atoms with Crippen LogP contribution in [0.4, 0.5) is 0 Å². The number of hydrogen-bond donors (Lipinski definition) is 3. The number of benzene rings is 2. The van der Waals surface area contributed by atoms with Crippen molar-refractivity contribution in [2.75, 3.05) is 6.54 Å². The molecular weight excluding hydrogens is 368 g/mol. The second-order valence-corrected chi connectivity index (χ2v) is 7.69. The second kappa shape index (κ2) is 9.29. The Balaban J connectivity index is 1.82. The third-order valence-corrected chi connectivity index (χ3v) is 5.46. The van der Waals surface area contributed by atoms with Gasteiger partial charge in [0.1, 0.15) is 0 Å². The van der Waals surface area contributed by atoms with Gasteiger partial charge in [-0.2, -0.15) is 0 Å². The quantitative estimate of drug-likeness (QED) is 0.606. The number of sulfonamides is 1. The summed E-state index contributed by atoms with van der Waals surface area (Å²) < 4.78 is 26.2. The summed E-state index contributed by atoms with van der Waals surface area (Å²) in [5, 5.41) is 11.6. The maximum Gasteiger partial charge on any atom is 0.335 e. The van der Waals surface area contributed by atoms with Crippen molar-refractivity contribution in [1.29, 1.82) is 0 Å². The summed E-state index contributed by atoms with van der Waals surface area (Å²) in [7, 11) is -3.48. The molecule has 0 saturated heterocycles. The van der Waals surface area contributed by atoms with E-state index in [4.69, 9.17) is 5.11 Å². The van der Waals surface area contributed by atoms with Gasteiger partial charge in [0.05, 0.1) is 10.5 Å². The lowest BCUT2D eigenvalue weighted by atomic mass is 10.1. The van der Waals surface area contributed by atoms with Crippen LogP contribution in [-0.2, 0) is 27.8 Å². The van der Waals surface area contributed by atoms with E-state index in [1.807, 2.05) is 0 Å². The van der Waals surface area contributed by atoms with Crippen LogP contribution in [0.15, 0.2) is 53.4 Å². The molecule has 2 rings (SSSR count). The van der Waals surface area contributed by atoms with Crippen LogP contribution in [0.1, 0.15) is 34.8 Å². The van der Waals surface area contributed by atoms with Gasteiger partial charge in [-0.1, -0.05) is 31.2 Å². The number of carboxylic acids is 1. The SMILES string of the molecule is CCNS(=O)(=O)c1ccc(CNC(=O)CCc2ccc(C(=O)O)cc2)cc1. The minimum Gasteiger partial charge on any atom is -0.478 e. The van der Waals surface area contributed by atoms with Gasteiger partial charge in [0, 0.05) is 19.5 Å². The van der Waals surface area contributed by atoms with Gasteiger partial charge in [-0.15, -0.1) is 0 Å². The Morgan fingerprint density at radius 3 is 2.11 bits per heavy atom. The smallest absolute Gasteiger partial charge is 0.335 e. The first-order chi connectivity index (χ1) is 12.8. The van der Waals surface area contributed by atoms with Gasteiger partial charge < -0.3 is 10.4 Å². The predicted octanol–water partition coefficient (Wildman–Crippen LogP) is 1.93. The fourth-order valence-corrected chi connectivity index (χ4v) is 3.46. The highest BCUT2D eigenvalue weighted by atomic mass is 32.2. The van der Waals surface area contributed by atoms with E-state index in [0.29, 0.717) is 19.5 Å². The number of carbonyl (C=O) groups is 2. The van der Waals surface area contributed by atoms with Gasteiger partial charge >= 0.3 is 5.97 Å². The number of aryl methyl sites for hydroxylation is 1. The zero-order chi connectivity index (χ0) is 19.9. The highest BCUT2D eigenvalue weighted by Gasteiger charge is 2.12. The average Bonchev–Trinajstić information content (AvgIpc) is 2.65. The molecule has 0 heterocycles. The molecule has 0 spiro atoms. The largest absolute Gasteiger partial charge is 0.478 e. The van der Waals surface area contributed by atoms with Crippen molar-refractivity contribution in [3.63, 3.8) is 0 Å². The molecule has 3 N–H and O–H groups in total. The van der Waals surface area contributed by atoms with Gasteiger partial charge in [-0.05, 0) is 41.8 Å². The molecule has 0 aliphatic rings. The highest BCUT2D eigenvalue weighted by molar-refractivity contribution is 7.89. The number of nitrogens with one attached hydrogen (secondary N) is 2. The maximum atomic E-state index is 12.0. The Labute approximate surface area is 158 Å². The topological polar surface area (TPSA) is 113 Å². The van der Waals surface area contributed by atoms with Gasteiger partial charge in [0.2, 0.25) is 15.9 Å². The summed E-state index contributed by atoms with van der Waals surface area (Å²) in [5.41, 5.74) is 1.89. The monoisotopic (exact) mass is 390 g/mol. The standard InChI is InChI=1S/C19H22N2O5S/c1-2-21-27(25,26)17-10-5-15(6-11-17)13-20-18(22)12-7-14-3-8-16(9-4-14)19(23)24/h3-6,8-11,21H,2,7,12-13H2,1H3,(H,20,22)(H,23,24). The third kappa shape index (κ3) is 6.19. The van der Waals surface area contributed by atoms with Crippen molar-refractivity contribution >= 4 is 21.9 Å². The van der Waals surface area contributed by atoms with Crippen LogP contribution in [-0.4, -0.2) is 31.9 Å². The molecule has 0 fully saturated rings. The van der Waals surface area contributed by atoms with Crippen LogP contribution in [0.25, 0.3) is 0 Å². The molecule has 1 amide bonds. The van der Waals surface area contributed by atoms with E-state index >= 15 is 0 Å². The third-order valence-electron chi connectivity index (χ3n) is 3.90. The van der Waals surface area contributed by atoms with Gasteiger partial charge in [-0.3, -0.25) is 4.79 Å². The predicted molar refractivity (Wildman–Crippen MR) is 101 cm³/mol. The Kier molecular flexibility index (Phi) is 7.09. The second-order valence-electron chi connectivity index (χ2n) is 5.92.